The number of pyridine rings is 1. The molecule has 0 radical (unpaired) electrons. The van der Waals surface area contributed by atoms with Crippen molar-refractivity contribution in [3.8, 4) is 5.75 Å². The van der Waals surface area contributed by atoms with Gasteiger partial charge in [0.1, 0.15) is 17.4 Å². The third-order valence-corrected chi connectivity index (χ3v) is 8.05. The molecule has 2 aliphatic rings. The van der Waals surface area contributed by atoms with Crippen LogP contribution in [-0.4, -0.2) is 75.5 Å². The Bertz CT molecular complexity index is 1390. The predicted octanol–water partition coefficient (Wildman–Crippen LogP) is 5.17. The van der Waals surface area contributed by atoms with E-state index in [0.717, 1.165) is 50.3 Å². The second-order valence-corrected chi connectivity index (χ2v) is 11.1. The lowest BCUT2D eigenvalue weighted by atomic mass is 10.1. The number of likely N-dealkylation sites (tertiary alicyclic amines) is 2. The summed E-state index contributed by atoms with van der Waals surface area (Å²) in [7, 11) is 0. The second kappa shape index (κ2) is 12.4. The number of nitrogens with zero attached hydrogens (tertiary/aromatic N) is 5. The summed E-state index contributed by atoms with van der Waals surface area (Å²) in [6.45, 7) is 12.1. The molecule has 1 atom stereocenters. The number of ether oxygens (including phenoxy) is 1. The maximum absolute atomic E-state index is 13.4. The molecule has 2 aromatic heterocycles. The maximum Gasteiger partial charge on any atom is 0.258 e. The molecule has 3 aromatic rings. The summed E-state index contributed by atoms with van der Waals surface area (Å²) >= 11 is 7.02. The third-order valence-electron chi connectivity index (χ3n) is 7.69. The number of aryl methyl sites for hydroxylation is 2. The quantitative estimate of drug-likeness (QED) is 0.380. The summed E-state index contributed by atoms with van der Waals surface area (Å²) in [6.07, 6.45) is 6.42. The number of benzene rings is 1. The summed E-state index contributed by atoms with van der Waals surface area (Å²) in [5, 5.41) is 3.48. The van der Waals surface area contributed by atoms with Gasteiger partial charge in [-0.3, -0.25) is 24.8 Å². The lowest BCUT2D eigenvalue weighted by Crippen LogP contribution is -2.34. The van der Waals surface area contributed by atoms with Gasteiger partial charge in [-0.25, -0.2) is 4.98 Å². The Kier molecular flexibility index (Phi) is 8.71. The van der Waals surface area contributed by atoms with Crippen LogP contribution in [-0.2, 0) is 4.79 Å². The molecule has 0 spiro atoms. The number of anilines is 1. The van der Waals surface area contributed by atoms with Crippen molar-refractivity contribution < 1.29 is 14.3 Å². The molecular weight excluding hydrogens is 528 g/mol. The molecule has 5 rings (SSSR count). The van der Waals surface area contributed by atoms with E-state index in [1.807, 2.05) is 35.4 Å². The molecule has 4 heterocycles. The van der Waals surface area contributed by atoms with Gasteiger partial charge in [0.15, 0.2) is 0 Å². The number of aromatic nitrogens is 3. The molecule has 0 saturated carbocycles. The van der Waals surface area contributed by atoms with Gasteiger partial charge < -0.3 is 14.2 Å². The van der Waals surface area contributed by atoms with Gasteiger partial charge in [-0.1, -0.05) is 18.2 Å². The van der Waals surface area contributed by atoms with Crippen molar-refractivity contribution in [1.29, 1.82) is 0 Å². The minimum atomic E-state index is -0.281. The normalized spacial score (nSPS) is 18.1. The number of rotatable bonds is 8. The average molecular weight is 565 g/mol. The van der Waals surface area contributed by atoms with Gasteiger partial charge in [-0.2, -0.15) is 0 Å². The summed E-state index contributed by atoms with van der Waals surface area (Å²) in [6, 6.07) is 7.08. The highest BCUT2D eigenvalue weighted by molar-refractivity contribution is 6.36. The molecular formula is C30H37ClN6O3. The lowest BCUT2D eigenvalue weighted by molar-refractivity contribution is -0.126. The summed E-state index contributed by atoms with van der Waals surface area (Å²) in [4.78, 5) is 39.4. The largest absolute Gasteiger partial charge is 0.491 e. The molecule has 212 valence electrons. The molecule has 2 aliphatic heterocycles. The van der Waals surface area contributed by atoms with Gasteiger partial charge in [0.05, 0.1) is 17.1 Å². The number of amides is 2. The van der Waals surface area contributed by atoms with Gasteiger partial charge >= 0.3 is 0 Å². The van der Waals surface area contributed by atoms with Crippen LogP contribution < -0.4 is 10.1 Å². The number of carbonyl (C=O) groups excluding carboxylic acids is 2. The molecule has 10 heteroatoms. The first-order chi connectivity index (χ1) is 19.3. The van der Waals surface area contributed by atoms with Gasteiger partial charge in [-0.15, -0.1) is 0 Å². The number of nitrogens with one attached hydrogen (secondary N) is 1. The van der Waals surface area contributed by atoms with Crippen molar-refractivity contribution in [2.24, 2.45) is 0 Å². The average Bonchev–Trinajstić information content (AvgIpc) is 3.50. The third kappa shape index (κ3) is 6.15. The van der Waals surface area contributed by atoms with E-state index in [0.29, 0.717) is 53.0 Å². The Hall–Kier alpha value is -3.43. The monoisotopic (exact) mass is 564 g/mol. The van der Waals surface area contributed by atoms with Crippen LogP contribution in [0.3, 0.4) is 0 Å². The van der Waals surface area contributed by atoms with E-state index in [9.17, 15) is 9.59 Å². The van der Waals surface area contributed by atoms with Crippen molar-refractivity contribution in [1.82, 2.24) is 24.3 Å². The highest BCUT2D eigenvalue weighted by Gasteiger charge is 2.28. The van der Waals surface area contributed by atoms with E-state index in [4.69, 9.17) is 21.3 Å². The van der Waals surface area contributed by atoms with Gasteiger partial charge in [-0.05, 0) is 89.4 Å². The number of halogens is 1. The number of hydrogen-bond acceptors (Lipinski definition) is 6. The van der Waals surface area contributed by atoms with Crippen molar-refractivity contribution in [2.75, 3.05) is 44.6 Å². The van der Waals surface area contributed by atoms with Crippen LogP contribution in [0.1, 0.15) is 59.9 Å². The minimum Gasteiger partial charge on any atom is -0.491 e. The first-order valence-corrected chi connectivity index (χ1v) is 14.5. The number of fused-ring (bicyclic) bond motifs is 1. The molecule has 2 amide bonds. The Morgan fingerprint density at radius 1 is 1.10 bits per heavy atom. The fourth-order valence-corrected chi connectivity index (χ4v) is 6.08. The van der Waals surface area contributed by atoms with Crippen LogP contribution in [0.5, 0.6) is 5.75 Å². The van der Waals surface area contributed by atoms with Crippen molar-refractivity contribution in [3.63, 3.8) is 0 Å². The van der Waals surface area contributed by atoms with E-state index >= 15 is 0 Å². The van der Waals surface area contributed by atoms with Gasteiger partial charge in [0.2, 0.25) is 11.9 Å². The summed E-state index contributed by atoms with van der Waals surface area (Å²) < 4.78 is 8.13. The van der Waals surface area contributed by atoms with Crippen molar-refractivity contribution in [2.45, 2.75) is 52.0 Å². The Balaban J connectivity index is 1.52. The molecule has 1 aromatic carbocycles. The standard InChI is InChI=1S/C30H37ClN6O3/c1-4-26(38)36-14-6-5-9-23(19-36)37-28-24(10-11-25(27(28)31)40-16-15-35-12-7-8-13-35)33-30(37)34-29(39)22-17-20(2)32-21(3)18-22/h4,10-11,17-18,23H,1,5-9,12-16,19H2,2-3H3,(H,33,34,39)/t23-/m1/s1. The maximum atomic E-state index is 13.4. The van der Waals surface area contributed by atoms with E-state index in [-0.39, 0.29) is 17.9 Å². The molecule has 1 N–H and O–H groups in total. The number of imidazole rings is 1. The Morgan fingerprint density at radius 2 is 1.82 bits per heavy atom. The van der Waals surface area contributed by atoms with Crippen LogP contribution in [0.2, 0.25) is 5.02 Å². The Labute approximate surface area is 240 Å². The lowest BCUT2D eigenvalue weighted by Gasteiger charge is -2.26. The van der Waals surface area contributed by atoms with E-state index in [2.05, 4.69) is 21.8 Å². The van der Waals surface area contributed by atoms with Crippen molar-refractivity contribution >= 4 is 40.4 Å². The molecule has 40 heavy (non-hydrogen) atoms. The zero-order valence-electron chi connectivity index (χ0n) is 23.3. The van der Waals surface area contributed by atoms with Crippen molar-refractivity contribution in [3.05, 3.63) is 58.9 Å². The first kappa shape index (κ1) is 28.1. The highest BCUT2D eigenvalue weighted by atomic mass is 35.5. The molecule has 0 bridgehead atoms. The zero-order chi connectivity index (χ0) is 28.2. The molecule has 9 nitrogen and oxygen atoms in total. The van der Waals surface area contributed by atoms with Gasteiger partial charge in [0.25, 0.3) is 5.91 Å². The topological polar surface area (TPSA) is 92.6 Å². The molecule has 2 fully saturated rings. The fourth-order valence-electron chi connectivity index (χ4n) is 5.77. The van der Waals surface area contributed by atoms with Crippen LogP contribution in [0.4, 0.5) is 5.95 Å². The van der Waals surface area contributed by atoms with E-state index in [1.165, 1.54) is 18.9 Å². The highest BCUT2D eigenvalue weighted by Crippen LogP contribution is 2.38. The van der Waals surface area contributed by atoms with Gasteiger partial charge in [0, 0.05) is 36.6 Å². The first-order valence-electron chi connectivity index (χ1n) is 14.1. The van der Waals surface area contributed by atoms with E-state index in [1.54, 1.807) is 12.1 Å². The second-order valence-electron chi connectivity index (χ2n) is 10.7. The molecule has 0 aliphatic carbocycles. The number of carbonyl (C=O) groups is 2. The molecule has 0 unspecified atom stereocenters. The van der Waals surface area contributed by atoms with Crippen LogP contribution in [0.15, 0.2) is 36.9 Å². The van der Waals surface area contributed by atoms with Crippen LogP contribution >= 0.6 is 11.6 Å². The number of hydrogen-bond donors (Lipinski definition) is 1. The fraction of sp³-hybridized carbons (Fsp3) is 0.467. The molecule has 2 saturated heterocycles. The van der Waals surface area contributed by atoms with Crippen LogP contribution in [0.25, 0.3) is 11.0 Å². The zero-order valence-corrected chi connectivity index (χ0v) is 24.0. The summed E-state index contributed by atoms with van der Waals surface area (Å²) in [5.41, 5.74) is 3.38. The van der Waals surface area contributed by atoms with E-state index < -0.39 is 0 Å². The summed E-state index contributed by atoms with van der Waals surface area (Å²) in [5.74, 6) is 0.583. The minimum absolute atomic E-state index is 0.110. The smallest absolute Gasteiger partial charge is 0.258 e. The Morgan fingerprint density at radius 3 is 2.55 bits per heavy atom. The SMILES string of the molecule is C=CC(=O)N1CCCC[C@@H](n2c(NC(=O)c3cc(C)nc(C)c3)nc3ccc(OCCN4CCCC4)c(Cl)c32)C1. The predicted molar refractivity (Wildman–Crippen MR) is 157 cm³/mol. The van der Waals surface area contributed by atoms with Crippen LogP contribution in [0, 0.1) is 13.8 Å².